The molecule has 1 aliphatic carbocycles. The first-order chi connectivity index (χ1) is 30.2. The molecule has 0 spiro atoms. The van der Waals surface area contributed by atoms with Gasteiger partial charge in [-0.1, -0.05) is 212 Å². The first kappa shape index (κ1) is 35.0. The number of hydrogen-bond acceptors (Lipinski definition) is 3. The van der Waals surface area contributed by atoms with Crippen LogP contribution in [0.15, 0.2) is 224 Å². The molecule has 284 valence electrons. The van der Waals surface area contributed by atoms with Gasteiger partial charge in [0, 0.05) is 16.7 Å². The average molecular weight is 776 g/mol. The Morgan fingerprint density at radius 1 is 0.262 bits per heavy atom. The monoisotopic (exact) mass is 775 g/mol. The van der Waals surface area contributed by atoms with Crippen molar-refractivity contribution in [1.82, 2.24) is 15.0 Å². The van der Waals surface area contributed by atoms with Crippen molar-refractivity contribution in [3.63, 3.8) is 0 Å². The highest BCUT2D eigenvalue weighted by molar-refractivity contribution is 6.13. The zero-order valence-electron chi connectivity index (χ0n) is 33.2. The van der Waals surface area contributed by atoms with Gasteiger partial charge in [-0.05, 0) is 89.0 Å². The van der Waals surface area contributed by atoms with Gasteiger partial charge >= 0.3 is 0 Å². The van der Waals surface area contributed by atoms with Crippen molar-refractivity contribution in [2.75, 3.05) is 0 Å². The maximum absolute atomic E-state index is 5.40. The van der Waals surface area contributed by atoms with Gasteiger partial charge in [-0.15, -0.1) is 0 Å². The van der Waals surface area contributed by atoms with Crippen molar-refractivity contribution in [3.05, 3.63) is 247 Å². The Bertz CT molecular complexity index is 3420. The van der Waals surface area contributed by atoms with Crippen molar-refractivity contribution >= 4 is 32.3 Å². The summed E-state index contributed by atoms with van der Waals surface area (Å²) in [5.74, 6) is 1.90. The van der Waals surface area contributed by atoms with Crippen molar-refractivity contribution in [2.24, 2.45) is 0 Å². The molecule has 3 heteroatoms. The molecule has 11 aromatic rings. The minimum absolute atomic E-state index is 0.546. The Morgan fingerprint density at radius 2 is 0.770 bits per heavy atom. The van der Waals surface area contributed by atoms with E-state index < -0.39 is 5.41 Å². The van der Waals surface area contributed by atoms with Crippen molar-refractivity contribution < 1.29 is 0 Å². The van der Waals surface area contributed by atoms with E-state index in [1.54, 1.807) is 0 Å². The van der Waals surface area contributed by atoms with E-state index in [1.807, 2.05) is 0 Å². The maximum atomic E-state index is 5.40. The van der Waals surface area contributed by atoms with Crippen LogP contribution in [0.1, 0.15) is 22.3 Å². The van der Waals surface area contributed by atoms with E-state index >= 15 is 0 Å². The SMILES string of the molecule is c1ccc(C2(c3ccccc3)c3ccccc3-c3ccc(-c4nc(-c5ccc(-c6cccc7ccccc67)cc5)nc(-c5cc6ccccc6c6ccccc56)n4)cc32)cc1. The summed E-state index contributed by atoms with van der Waals surface area (Å²) >= 11 is 0. The second-order valence-corrected chi connectivity index (χ2v) is 15.9. The lowest BCUT2D eigenvalue weighted by atomic mass is 9.67. The quantitative estimate of drug-likeness (QED) is 0.158. The third kappa shape index (κ3) is 5.55. The molecule has 1 heterocycles. The minimum Gasteiger partial charge on any atom is -0.208 e. The van der Waals surface area contributed by atoms with Crippen LogP contribution in [-0.2, 0) is 5.41 Å². The predicted molar refractivity (Wildman–Crippen MR) is 251 cm³/mol. The van der Waals surface area contributed by atoms with Gasteiger partial charge in [-0.3, -0.25) is 0 Å². The van der Waals surface area contributed by atoms with Gasteiger partial charge in [0.2, 0.25) is 0 Å². The fraction of sp³-hybridized carbons (Fsp3) is 0.0172. The number of fused-ring (bicyclic) bond motifs is 7. The summed E-state index contributed by atoms with van der Waals surface area (Å²) < 4.78 is 0. The van der Waals surface area contributed by atoms with Gasteiger partial charge in [-0.25, -0.2) is 15.0 Å². The van der Waals surface area contributed by atoms with E-state index in [0.29, 0.717) is 17.5 Å². The molecule has 3 nitrogen and oxygen atoms in total. The van der Waals surface area contributed by atoms with Crippen LogP contribution >= 0.6 is 0 Å². The van der Waals surface area contributed by atoms with Crippen molar-refractivity contribution in [3.8, 4) is 56.4 Å². The molecule has 0 fully saturated rings. The maximum Gasteiger partial charge on any atom is 0.164 e. The molecule has 0 radical (unpaired) electrons. The van der Waals surface area contributed by atoms with E-state index in [1.165, 1.54) is 60.5 Å². The van der Waals surface area contributed by atoms with Crippen LogP contribution in [0.25, 0.3) is 88.7 Å². The summed E-state index contributed by atoms with van der Waals surface area (Å²) in [5.41, 5.74) is 12.0. The van der Waals surface area contributed by atoms with Crippen LogP contribution in [-0.4, -0.2) is 15.0 Å². The Hall–Kier alpha value is -8.01. The molecule has 0 amide bonds. The summed E-state index contributed by atoms with van der Waals surface area (Å²) in [7, 11) is 0. The zero-order valence-corrected chi connectivity index (χ0v) is 33.2. The zero-order chi connectivity index (χ0) is 40.3. The third-order valence-corrected chi connectivity index (χ3v) is 12.6. The second-order valence-electron chi connectivity index (χ2n) is 15.9. The molecule has 0 saturated heterocycles. The smallest absolute Gasteiger partial charge is 0.164 e. The van der Waals surface area contributed by atoms with Gasteiger partial charge in [0.15, 0.2) is 17.5 Å². The van der Waals surface area contributed by atoms with E-state index in [2.05, 4.69) is 224 Å². The van der Waals surface area contributed by atoms with Gasteiger partial charge in [0.1, 0.15) is 0 Å². The van der Waals surface area contributed by atoms with Crippen LogP contribution in [0.4, 0.5) is 0 Å². The van der Waals surface area contributed by atoms with Gasteiger partial charge < -0.3 is 0 Å². The molecule has 1 aromatic heterocycles. The molecule has 0 N–H and O–H groups in total. The summed E-state index contributed by atoms with van der Waals surface area (Å²) in [6, 6.07) is 80.6. The summed E-state index contributed by atoms with van der Waals surface area (Å²) in [5, 5.41) is 7.07. The molecule has 0 saturated carbocycles. The van der Waals surface area contributed by atoms with Crippen LogP contribution in [0.2, 0.25) is 0 Å². The van der Waals surface area contributed by atoms with Crippen molar-refractivity contribution in [2.45, 2.75) is 5.41 Å². The molecule has 1 aliphatic rings. The Labute approximate surface area is 354 Å². The van der Waals surface area contributed by atoms with E-state index in [-0.39, 0.29) is 0 Å². The Morgan fingerprint density at radius 3 is 1.52 bits per heavy atom. The standard InChI is InChI=1S/C58H37N3/c1-3-19-43(20-4-1)58(44-21-5-2-6-22-44)53-29-14-13-27-50(53)51-35-34-42(37-54(51)58)56-59-55(40-32-30-39(31-33-40)46-28-15-18-38-16-7-9-23-45(38)46)60-57(61-56)52-36-41-17-8-10-24-47(41)48-25-11-12-26-49(48)52/h1-37H. The fourth-order valence-electron chi connectivity index (χ4n) is 9.85. The minimum atomic E-state index is -0.546. The second kappa shape index (κ2) is 14.1. The topological polar surface area (TPSA) is 38.7 Å². The largest absolute Gasteiger partial charge is 0.208 e. The van der Waals surface area contributed by atoms with E-state index in [9.17, 15) is 0 Å². The summed E-state index contributed by atoms with van der Waals surface area (Å²) in [6.45, 7) is 0. The molecule has 61 heavy (non-hydrogen) atoms. The highest BCUT2D eigenvalue weighted by Gasteiger charge is 2.46. The first-order valence-corrected chi connectivity index (χ1v) is 20.9. The fourth-order valence-corrected chi connectivity index (χ4v) is 9.85. The molecule has 0 bridgehead atoms. The summed E-state index contributed by atoms with van der Waals surface area (Å²) in [4.78, 5) is 16.1. The number of hydrogen-bond donors (Lipinski definition) is 0. The number of benzene rings is 10. The molecule has 0 unspecified atom stereocenters. The Kier molecular flexibility index (Phi) is 8.07. The predicted octanol–water partition coefficient (Wildman–Crippen LogP) is 14.4. The van der Waals surface area contributed by atoms with Crippen LogP contribution in [0.5, 0.6) is 0 Å². The normalized spacial score (nSPS) is 12.7. The molecule has 10 aromatic carbocycles. The lowest BCUT2D eigenvalue weighted by Crippen LogP contribution is -2.28. The number of rotatable bonds is 6. The number of aromatic nitrogens is 3. The average Bonchev–Trinajstić information content (AvgIpc) is 3.64. The Balaban J connectivity index is 1.09. The number of nitrogens with zero attached hydrogens (tertiary/aromatic N) is 3. The van der Waals surface area contributed by atoms with E-state index in [0.717, 1.165) is 33.0 Å². The van der Waals surface area contributed by atoms with Gasteiger partial charge in [-0.2, -0.15) is 0 Å². The molecular formula is C58H37N3. The van der Waals surface area contributed by atoms with Crippen LogP contribution in [0.3, 0.4) is 0 Å². The van der Waals surface area contributed by atoms with Gasteiger partial charge in [0.05, 0.1) is 5.41 Å². The molecule has 0 aliphatic heterocycles. The summed E-state index contributed by atoms with van der Waals surface area (Å²) in [6.07, 6.45) is 0. The third-order valence-electron chi connectivity index (χ3n) is 12.6. The molecular weight excluding hydrogens is 739 g/mol. The van der Waals surface area contributed by atoms with Crippen molar-refractivity contribution in [1.29, 1.82) is 0 Å². The molecule has 12 rings (SSSR count). The lowest BCUT2D eigenvalue weighted by molar-refractivity contribution is 0.768. The van der Waals surface area contributed by atoms with Gasteiger partial charge in [0.25, 0.3) is 0 Å². The first-order valence-electron chi connectivity index (χ1n) is 20.9. The van der Waals surface area contributed by atoms with E-state index in [4.69, 9.17) is 15.0 Å². The highest BCUT2D eigenvalue weighted by atomic mass is 15.0. The van der Waals surface area contributed by atoms with Crippen LogP contribution < -0.4 is 0 Å². The molecule has 0 atom stereocenters. The van der Waals surface area contributed by atoms with Crippen LogP contribution in [0, 0.1) is 0 Å². The lowest BCUT2D eigenvalue weighted by Gasteiger charge is -2.34. The highest BCUT2D eigenvalue weighted by Crippen LogP contribution is 2.56.